The summed E-state index contributed by atoms with van der Waals surface area (Å²) in [5.74, 6) is 1.60. The number of aromatic nitrogens is 3. The Kier molecular flexibility index (Phi) is 3.55. The number of fused-ring (bicyclic) bond motifs is 1. The van der Waals surface area contributed by atoms with Crippen molar-refractivity contribution >= 4 is 22.8 Å². The molecule has 2 aromatic heterocycles. The number of hydrogen-bond donors (Lipinski definition) is 0. The van der Waals surface area contributed by atoms with Gasteiger partial charge in [0.25, 0.3) is 0 Å². The van der Waals surface area contributed by atoms with Crippen molar-refractivity contribution in [3.05, 3.63) is 47.9 Å². The Morgan fingerprint density at radius 2 is 1.81 bits per heavy atom. The number of pyridine rings is 1. The normalized spacial score (nSPS) is 12.6. The minimum absolute atomic E-state index is 0.207. The number of aryl methyl sites for hydroxylation is 1. The summed E-state index contributed by atoms with van der Waals surface area (Å²) < 4.78 is 7.20. The average Bonchev–Trinajstić information content (AvgIpc) is 2.86. The molecule has 0 fully saturated rings. The first-order valence-corrected chi connectivity index (χ1v) is 7.18. The molecule has 2 heterocycles. The molecule has 0 bridgehead atoms. The van der Waals surface area contributed by atoms with Gasteiger partial charge in [0.05, 0.1) is 12.5 Å². The first-order chi connectivity index (χ1) is 10.1. The Hall–Kier alpha value is -2.07. The number of alkyl halides is 1. The molecule has 0 spiro atoms. The minimum Gasteiger partial charge on any atom is -0.497 e. The van der Waals surface area contributed by atoms with Crippen molar-refractivity contribution in [1.29, 1.82) is 0 Å². The third kappa shape index (κ3) is 2.47. The van der Waals surface area contributed by atoms with Crippen molar-refractivity contribution in [2.45, 2.75) is 19.2 Å². The van der Waals surface area contributed by atoms with Gasteiger partial charge in [-0.05, 0) is 50.2 Å². The highest BCUT2D eigenvalue weighted by Crippen LogP contribution is 2.28. The zero-order valence-electron chi connectivity index (χ0n) is 12.2. The van der Waals surface area contributed by atoms with E-state index < -0.39 is 0 Å². The van der Waals surface area contributed by atoms with Crippen molar-refractivity contribution in [2.75, 3.05) is 7.11 Å². The van der Waals surface area contributed by atoms with Crippen LogP contribution >= 0.6 is 11.6 Å². The lowest BCUT2D eigenvalue weighted by Gasteiger charge is -2.10. The molecule has 0 amide bonds. The first kappa shape index (κ1) is 13.9. The van der Waals surface area contributed by atoms with E-state index in [0.29, 0.717) is 0 Å². The molecule has 0 N–H and O–H groups in total. The second kappa shape index (κ2) is 5.37. The monoisotopic (exact) mass is 301 g/mol. The molecule has 0 saturated carbocycles. The molecule has 1 atom stereocenters. The van der Waals surface area contributed by atoms with Gasteiger partial charge in [-0.2, -0.15) is 0 Å². The second-order valence-electron chi connectivity index (χ2n) is 4.91. The summed E-state index contributed by atoms with van der Waals surface area (Å²) in [5, 5.41) is -0.207. The lowest BCUT2D eigenvalue weighted by atomic mass is 10.3. The number of ether oxygens (including phenoxy) is 1. The van der Waals surface area contributed by atoms with E-state index in [4.69, 9.17) is 16.3 Å². The summed E-state index contributed by atoms with van der Waals surface area (Å²) in [5.41, 5.74) is 3.59. The van der Waals surface area contributed by atoms with Gasteiger partial charge >= 0.3 is 0 Å². The van der Waals surface area contributed by atoms with Gasteiger partial charge in [0.15, 0.2) is 5.65 Å². The number of rotatable bonds is 3. The molecule has 0 saturated heterocycles. The Morgan fingerprint density at radius 3 is 2.43 bits per heavy atom. The zero-order valence-corrected chi connectivity index (χ0v) is 12.9. The van der Waals surface area contributed by atoms with E-state index in [1.54, 1.807) is 7.11 Å². The molecule has 5 heteroatoms. The Labute approximate surface area is 128 Å². The fraction of sp³-hybridized carbons (Fsp3) is 0.250. The Balaban J connectivity index is 2.26. The van der Waals surface area contributed by atoms with Gasteiger partial charge in [0.2, 0.25) is 0 Å². The van der Waals surface area contributed by atoms with Crippen LogP contribution in [0.5, 0.6) is 5.75 Å². The number of benzene rings is 1. The van der Waals surface area contributed by atoms with Crippen LogP contribution in [0, 0.1) is 6.92 Å². The van der Waals surface area contributed by atoms with Gasteiger partial charge in [0, 0.05) is 11.4 Å². The summed E-state index contributed by atoms with van der Waals surface area (Å²) >= 11 is 6.29. The number of nitrogens with zero attached hydrogens (tertiary/aromatic N) is 3. The van der Waals surface area contributed by atoms with Gasteiger partial charge in [-0.15, -0.1) is 11.6 Å². The van der Waals surface area contributed by atoms with Gasteiger partial charge in [-0.3, -0.25) is 4.57 Å². The summed E-state index contributed by atoms with van der Waals surface area (Å²) in [4.78, 5) is 9.22. The van der Waals surface area contributed by atoms with Crippen LogP contribution in [0.15, 0.2) is 36.4 Å². The summed E-state index contributed by atoms with van der Waals surface area (Å²) in [6.45, 7) is 3.88. The maximum Gasteiger partial charge on any atom is 0.164 e. The van der Waals surface area contributed by atoms with Crippen LogP contribution in [0.25, 0.3) is 16.9 Å². The van der Waals surface area contributed by atoms with Crippen LogP contribution in [0.4, 0.5) is 0 Å². The van der Waals surface area contributed by atoms with Crippen LogP contribution in [0.1, 0.15) is 23.8 Å². The van der Waals surface area contributed by atoms with Crippen molar-refractivity contribution in [1.82, 2.24) is 14.5 Å². The Morgan fingerprint density at radius 1 is 1.10 bits per heavy atom. The number of hydrogen-bond acceptors (Lipinski definition) is 3. The van der Waals surface area contributed by atoms with E-state index in [-0.39, 0.29) is 5.38 Å². The molecule has 3 aromatic rings. The number of imidazole rings is 1. The van der Waals surface area contributed by atoms with E-state index in [2.05, 4.69) is 9.97 Å². The van der Waals surface area contributed by atoms with Crippen molar-refractivity contribution < 1.29 is 4.74 Å². The molecule has 1 unspecified atom stereocenters. The molecule has 21 heavy (non-hydrogen) atoms. The van der Waals surface area contributed by atoms with Crippen molar-refractivity contribution in [2.24, 2.45) is 0 Å². The average molecular weight is 302 g/mol. The molecule has 0 aliphatic carbocycles. The van der Waals surface area contributed by atoms with E-state index >= 15 is 0 Å². The number of halogens is 1. The fourth-order valence-electron chi connectivity index (χ4n) is 2.32. The first-order valence-electron chi connectivity index (χ1n) is 6.74. The van der Waals surface area contributed by atoms with Crippen LogP contribution in [-0.2, 0) is 0 Å². The SMILES string of the molecule is COc1ccc(-n2c(C(C)Cl)nc3ccc(C)nc32)cc1. The summed E-state index contributed by atoms with van der Waals surface area (Å²) in [6, 6.07) is 11.7. The molecule has 0 radical (unpaired) electrons. The van der Waals surface area contributed by atoms with E-state index in [9.17, 15) is 0 Å². The van der Waals surface area contributed by atoms with Gasteiger partial charge in [0.1, 0.15) is 17.1 Å². The third-order valence-corrected chi connectivity index (χ3v) is 3.55. The highest BCUT2D eigenvalue weighted by atomic mass is 35.5. The molecular formula is C16H16ClN3O. The standard InChI is InChI=1S/C16H16ClN3O/c1-10-4-9-14-16(18-10)20(15(19-14)11(2)17)12-5-7-13(21-3)8-6-12/h4-9,11H,1-3H3. The fourth-order valence-corrected chi connectivity index (χ4v) is 2.47. The van der Waals surface area contributed by atoms with Crippen LogP contribution in [0.2, 0.25) is 0 Å². The van der Waals surface area contributed by atoms with Gasteiger partial charge in [-0.25, -0.2) is 9.97 Å². The van der Waals surface area contributed by atoms with E-state index in [0.717, 1.165) is 34.1 Å². The van der Waals surface area contributed by atoms with Crippen LogP contribution in [-0.4, -0.2) is 21.6 Å². The lowest BCUT2D eigenvalue weighted by molar-refractivity contribution is 0.414. The molecule has 1 aromatic carbocycles. The zero-order chi connectivity index (χ0) is 15.0. The van der Waals surface area contributed by atoms with E-state index in [1.807, 2.05) is 54.8 Å². The second-order valence-corrected chi connectivity index (χ2v) is 5.57. The van der Waals surface area contributed by atoms with Crippen molar-refractivity contribution in [3.63, 3.8) is 0 Å². The third-order valence-electron chi connectivity index (χ3n) is 3.36. The Bertz CT molecular complexity index is 778. The smallest absolute Gasteiger partial charge is 0.164 e. The molecule has 108 valence electrons. The molecule has 0 aliphatic rings. The van der Waals surface area contributed by atoms with Crippen molar-refractivity contribution in [3.8, 4) is 11.4 Å². The molecule has 0 aliphatic heterocycles. The quantitative estimate of drug-likeness (QED) is 0.686. The maximum absolute atomic E-state index is 6.29. The molecule has 4 nitrogen and oxygen atoms in total. The molecule has 3 rings (SSSR count). The predicted octanol–water partition coefficient (Wildman–Crippen LogP) is 4.04. The van der Waals surface area contributed by atoms with Gasteiger partial charge in [-0.1, -0.05) is 0 Å². The highest BCUT2D eigenvalue weighted by molar-refractivity contribution is 6.20. The summed E-state index contributed by atoms with van der Waals surface area (Å²) in [6.07, 6.45) is 0. The number of methoxy groups -OCH3 is 1. The minimum atomic E-state index is -0.207. The highest BCUT2D eigenvalue weighted by Gasteiger charge is 2.17. The van der Waals surface area contributed by atoms with Crippen LogP contribution < -0.4 is 4.74 Å². The summed E-state index contributed by atoms with van der Waals surface area (Å²) in [7, 11) is 1.65. The largest absolute Gasteiger partial charge is 0.497 e. The van der Waals surface area contributed by atoms with E-state index in [1.165, 1.54) is 0 Å². The lowest BCUT2D eigenvalue weighted by Crippen LogP contribution is -2.03. The van der Waals surface area contributed by atoms with Crippen LogP contribution in [0.3, 0.4) is 0 Å². The maximum atomic E-state index is 6.29. The van der Waals surface area contributed by atoms with Gasteiger partial charge < -0.3 is 4.74 Å². The topological polar surface area (TPSA) is 39.9 Å². The predicted molar refractivity (Wildman–Crippen MR) is 84.4 cm³/mol. The molecular weight excluding hydrogens is 286 g/mol.